The molecule has 4 aromatic rings. The summed E-state index contributed by atoms with van der Waals surface area (Å²) in [6.45, 7) is 2.53. The van der Waals surface area contributed by atoms with Gasteiger partial charge in [0.2, 0.25) is 5.91 Å². The second-order valence-corrected chi connectivity index (χ2v) is 11.9. The predicted molar refractivity (Wildman–Crippen MR) is 179 cm³/mol. The molecule has 1 fully saturated rings. The summed E-state index contributed by atoms with van der Waals surface area (Å²) >= 11 is 0. The van der Waals surface area contributed by atoms with Crippen LogP contribution in [0.3, 0.4) is 0 Å². The summed E-state index contributed by atoms with van der Waals surface area (Å²) in [6.07, 6.45) is -0.804. The number of carboxylic acid groups (broad SMARTS) is 1. The van der Waals surface area contributed by atoms with Crippen molar-refractivity contribution in [3.05, 3.63) is 114 Å². The lowest BCUT2D eigenvalue weighted by Crippen LogP contribution is -2.56. The minimum absolute atomic E-state index is 0.0245. The second kappa shape index (κ2) is 14.5. The standard InChI is InChI=1S/C36H34N6O8/c1-22(43)31(41(27-12-4-3-5-13-27)32(46)29(37)19-30(44)45)33(47)50-42-34(48)36(2,26-17-15-23(16-18-26)20-39-38)40(35(42)49)21-25-11-8-10-24-9-6-7-14-28(24)25/h3-18,29,31,38H,19-21,37H2,1-2H3,(H,44,45)/t29-,31-,36+/m0/s1. The highest BCUT2D eigenvalue weighted by Crippen LogP contribution is 2.40. The average Bonchev–Trinajstić information content (AvgIpc) is 3.27. The Balaban J connectivity index is 1.55. The van der Waals surface area contributed by atoms with E-state index in [4.69, 9.17) is 16.1 Å². The number of amides is 4. The van der Waals surface area contributed by atoms with E-state index in [0.717, 1.165) is 17.7 Å². The molecule has 1 saturated heterocycles. The fourth-order valence-corrected chi connectivity index (χ4v) is 5.95. The van der Waals surface area contributed by atoms with Gasteiger partial charge in [-0.1, -0.05) is 90.0 Å². The number of nitrogens with zero attached hydrogens (tertiary/aromatic N) is 4. The largest absolute Gasteiger partial charge is 0.481 e. The van der Waals surface area contributed by atoms with E-state index < -0.39 is 59.6 Å². The Bertz CT molecular complexity index is 1980. The van der Waals surface area contributed by atoms with Crippen LogP contribution in [-0.2, 0) is 47.4 Å². The maximum Gasteiger partial charge on any atom is 0.363 e. The van der Waals surface area contributed by atoms with Crippen molar-refractivity contribution in [2.45, 2.75) is 51.0 Å². The third-order valence-electron chi connectivity index (χ3n) is 8.56. The molecular weight excluding hydrogens is 644 g/mol. The van der Waals surface area contributed by atoms with Crippen LogP contribution in [0.25, 0.3) is 10.8 Å². The first-order valence-corrected chi connectivity index (χ1v) is 15.5. The molecule has 0 aromatic heterocycles. The number of Topliss-reactive ketones (excluding diaryl/α,β-unsaturated/α-hetero) is 1. The van der Waals surface area contributed by atoms with Crippen LogP contribution in [0.5, 0.6) is 0 Å². The number of para-hydroxylation sites is 1. The normalized spacial score (nSPS) is 16.9. The molecule has 0 bridgehead atoms. The number of aliphatic carboxylic acids is 1. The molecule has 256 valence electrons. The molecule has 0 unspecified atom stereocenters. The summed E-state index contributed by atoms with van der Waals surface area (Å²) in [7, 11) is 0. The molecule has 1 aliphatic heterocycles. The predicted octanol–water partition coefficient (Wildman–Crippen LogP) is 4.30. The number of carbonyl (C=O) groups excluding carboxylic acids is 5. The van der Waals surface area contributed by atoms with Crippen molar-refractivity contribution in [1.29, 1.82) is 5.53 Å². The average molecular weight is 679 g/mol. The third-order valence-corrected chi connectivity index (χ3v) is 8.56. The summed E-state index contributed by atoms with van der Waals surface area (Å²) < 4.78 is 0. The Morgan fingerprint density at radius 3 is 2.22 bits per heavy atom. The van der Waals surface area contributed by atoms with E-state index in [-0.39, 0.29) is 23.8 Å². The fraction of sp³-hybridized carbons (Fsp3) is 0.222. The fourth-order valence-electron chi connectivity index (χ4n) is 5.95. The first-order valence-electron chi connectivity index (χ1n) is 15.5. The van der Waals surface area contributed by atoms with Crippen LogP contribution in [0, 0.1) is 5.53 Å². The number of rotatable bonds is 13. The van der Waals surface area contributed by atoms with Gasteiger partial charge in [-0.05, 0) is 53.4 Å². The molecule has 4 N–H and O–H groups in total. The number of nitrogens with one attached hydrogen (secondary N) is 1. The Morgan fingerprint density at radius 1 is 0.940 bits per heavy atom. The molecule has 0 spiro atoms. The maximum absolute atomic E-state index is 14.3. The highest BCUT2D eigenvalue weighted by atomic mass is 16.7. The zero-order valence-corrected chi connectivity index (χ0v) is 27.2. The molecule has 1 aliphatic rings. The number of hydrogen-bond donors (Lipinski definition) is 3. The molecule has 0 aliphatic carbocycles. The zero-order valence-electron chi connectivity index (χ0n) is 27.2. The molecule has 50 heavy (non-hydrogen) atoms. The van der Waals surface area contributed by atoms with Gasteiger partial charge in [0.05, 0.1) is 19.0 Å². The number of urea groups is 1. The van der Waals surface area contributed by atoms with Gasteiger partial charge in [0, 0.05) is 12.2 Å². The molecule has 4 amide bonds. The molecule has 14 nitrogen and oxygen atoms in total. The van der Waals surface area contributed by atoms with Crippen molar-refractivity contribution < 1.29 is 38.7 Å². The SMILES string of the molecule is CC(=O)[C@@H](C(=O)ON1C(=O)N(Cc2cccc3ccccc23)[C@](C)(c2ccc(CN=N)cc2)C1=O)N(C(=O)[C@@H](N)CC(=O)O)c1ccccc1. The van der Waals surface area contributed by atoms with E-state index >= 15 is 0 Å². The molecule has 0 saturated carbocycles. The van der Waals surface area contributed by atoms with E-state index in [1.165, 1.54) is 36.1 Å². The van der Waals surface area contributed by atoms with E-state index in [1.807, 2.05) is 42.5 Å². The quantitative estimate of drug-likeness (QED) is 0.105. The topological polar surface area (TPSA) is 204 Å². The molecule has 1 heterocycles. The number of fused-ring (bicyclic) bond motifs is 1. The number of ketones is 1. The van der Waals surface area contributed by atoms with Gasteiger partial charge in [-0.15, -0.1) is 0 Å². The number of anilines is 1. The molecule has 14 heteroatoms. The number of benzene rings is 4. The molecular formula is C36H34N6O8. The highest BCUT2D eigenvalue weighted by Gasteiger charge is 2.58. The van der Waals surface area contributed by atoms with Crippen molar-refractivity contribution in [3.8, 4) is 0 Å². The summed E-state index contributed by atoms with van der Waals surface area (Å²) in [6, 6.07) is 22.4. The smallest absolute Gasteiger partial charge is 0.363 e. The van der Waals surface area contributed by atoms with Gasteiger partial charge in [0.15, 0.2) is 11.8 Å². The van der Waals surface area contributed by atoms with Gasteiger partial charge < -0.3 is 15.7 Å². The zero-order chi connectivity index (χ0) is 36.2. The summed E-state index contributed by atoms with van der Waals surface area (Å²) in [5.41, 5.74) is 13.1. The van der Waals surface area contributed by atoms with Gasteiger partial charge in [-0.3, -0.25) is 29.0 Å². The molecule has 0 radical (unpaired) electrons. The van der Waals surface area contributed by atoms with Gasteiger partial charge in [-0.2, -0.15) is 5.11 Å². The summed E-state index contributed by atoms with van der Waals surface area (Å²) in [4.78, 5) is 87.8. The number of carbonyl (C=O) groups is 6. The lowest BCUT2D eigenvalue weighted by molar-refractivity contribution is -0.186. The number of nitrogens with two attached hydrogens (primary N) is 1. The van der Waals surface area contributed by atoms with Crippen LogP contribution in [0.15, 0.2) is 102 Å². The van der Waals surface area contributed by atoms with E-state index in [1.54, 1.807) is 30.3 Å². The van der Waals surface area contributed by atoms with Crippen LogP contribution in [0.1, 0.15) is 37.0 Å². The van der Waals surface area contributed by atoms with Crippen molar-refractivity contribution in [1.82, 2.24) is 9.96 Å². The summed E-state index contributed by atoms with van der Waals surface area (Å²) in [5.74, 6) is -5.75. The molecule has 4 aromatic carbocycles. The van der Waals surface area contributed by atoms with E-state index in [2.05, 4.69) is 5.11 Å². The van der Waals surface area contributed by atoms with Crippen LogP contribution in [0.2, 0.25) is 0 Å². The summed E-state index contributed by atoms with van der Waals surface area (Å²) in [5, 5.41) is 14.6. The number of imide groups is 1. The Morgan fingerprint density at radius 2 is 1.58 bits per heavy atom. The van der Waals surface area contributed by atoms with Gasteiger partial charge >= 0.3 is 18.0 Å². The molecule has 5 rings (SSSR count). The van der Waals surface area contributed by atoms with Crippen molar-refractivity contribution >= 4 is 52.0 Å². The third kappa shape index (κ3) is 6.69. The second-order valence-electron chi connectivity index (χ2n) is 11.9. The minimum atomic E-state index is -2.04. The molecule has 3 atom stereocenters. The van der Waals surface area contributed by atoms with Gasteiger partial charge in [0.25, 0.3) is 5.91 Å². The van der Waals surface area contributed by atoms with Gasteiger partial charge in [-0.25, -0.2) is 15.1 Å². The monoisotopic (exact) mass is 678 g/mol. The first kappa shape index (κ1) is 35.0. The Hall–Kier alpha value is -6.28. The minimum Gasteiger partial charge on any atom is -0.481 e. The number of hydrogen-bond acceptors (Lipinski definition) is 10. The lowest BCUT2D eigenvalue weighted by Gasteiger charge is -2.32. The van der Waals surface area contributed by atoms with Gasteiger partial charge in [0.1, 0.15) is 5.54 Å². The first-order chi connectivity index (χ1) is 23.9. The Labute approximate surface area is 286 Å². The number of hydroxylamine groups is 2. The van der Waals surface area contributed by atoms with Crippen LogP contribution < -0.4 is 10.6 Å². The van der Waals surface area contributed by atoms with E-state index in [0.29, 0.717) is 21.6 Å². The highest BCUT2D eigenvalue weighted by molar-refractivity contribution is 6.15. The van der Waals surface area contributed by atoms with Crippen LogP contribution in [0.4, 0.5) is 10.5 Å². The van der Waals surface area contributed by atoms with E-state index in [9.17, 15) is 33.9 Å². The number of carboxylic acids is 1. The Kier molecular flexibility index (Phi) is 10.1. The van der Waals surface area contributed by atoms with Crippen LogP contribution in [-0.4, -0.2) is 62.7 Å². The van der Waals surface area contributed by atoms with Crippen LogP contribution >= 0.6 is 0 Å². The lowest BCUT2D eigenvalue weighted by atomic mass is 9.89. The van der Waals surface area contributed by atoms with Crippen molar-refractivity contribution in [2.75, 3.05) is 4.90 Å². The van der Waals surface area contributed by atoms with Crippen molar-refractivity contribution in [2.24, 2.45) is 10.8 Å². The van der Waals surface area contributed by atoms with Crippen molar-refractivity contribution in [3.63, 3.8) is 0 Å². The maximum atomic E-state index is 14.3.